The van der Waals surface area contributed by atoms with Crippen LogP contribution in [0.25, 0.3) is 77.5 Å². The molecule has 4 heteroatoms. The minimum Gasteiger partial charge on any atom is -0.311 e. The van der Waals surface area contributed by atoms with Crippen LogP contribution >= 0.6 is 0 Å². The zero-order valence-corrected chi connectivity index (χ0v) is 31.1. The lowest BCUT2D eigenvalue weighted by molar-refractivity contribution is 1.10. The Kier molecular flexibility index (Phi) is 7.78. The Bertz CT molecular complexity index is 3210. The SMILES string of the molecule is c1ccc(N(c2ccc(-c3nc4ccccc4n3-c3ccccc3)cc2)c2ccc(-n3c4ccccc4c4cc(-c5cccc6ccccc56)ccc43)cc2)cc1. The van der Waals surface area contributed by atoms with Gasteiger partial charge in [-0.2, -0.15) is 0 Å². The molecule has 0 N–H and O–H groups in total. The third-order valence-electron chi connectivity index (χ3n) is 11.1. The molecule has 2 heterocycles. The number of fused-ring (bicyclic) bond motifs is 5. The molecule has 0 aliphatic heterocycles. The Hall–Kier alpha value is -7.69. The van der Waals surface area contributed by atoms with Crippen LogP contribution in [-0.4, -0.2) is 14.1 Å². The molecule has 0 saturated carbocycles. The number of anilines is 3. The molecular formula is C53H36N4. The molecule has 2 aromatic heterocycles. The molecule has 0 amide bonds. The summed E-state index contributed by atoms with van der Waals surface area (Å²) in [5.74, 6) is 0.917. The lowest BCUT2D eigenvalue weighted by Crippen LogP contribution is -2.10. The van der Waals surface area contributed by atoms with E-state index in [2.05, 4.69) is 220 Å². The van der Waals surface area contributed by atoms with Crippen LogP contribution in [0.5, 0.6) is 0 Å². The minimum absolute atomic E-state index is 0.917. The van der Waals surface area contributed by atoms with Crippen molar-refractivity contribution in [3.05, 3.63) is 218 Å². The van der Waals surface area contributed by atoms with Crippen molar-refractivity contribution >= 4 is 60.7 Å². The fourth-order valence-electron chi connectivity index (χ4n) is 8.49. The Morgan fingerprint density at radius 2 is 0.912 bits per heavy atom. The van der Waals surface area contributed by atoms with Gasteiger partial charge in [-0.15, -0.1) is 0 Å². The van der Waals surface area contributed by atoms with Gasteiger partial charge in [-0.1, -0.05) is 115 Å². The molecular weight excluding hydrogens is 693 g/mol. The van der Waals surface area contributed by atoms with Gasteiger partial charge in [0.05, 0.1) is 22.1 Å². The van der Waals surface area contributed by atoms with Crippen LogP contribution in [0.15, 0.2) is 218 Å². The number of imidazole rings is 1. The van der Waals surface area contributed by atoms with Crippen LogP contribution < -0.4 is 4.90 Å². The Morgan fingerprint density at radius 3 is 1.70 bits per heavy atom. The van der Waals surface area contributed by atoms with E-state index in [4.69, 9.17) is 4.98 Å². The highest BCUT2D eigenvalue weighted by Crippen LogP contribution is 2.40. The molecule has 0 aliphatic rings. The van der Waals surface area contributed by atoms with E-state index in [-0.39, 0.29) is 0 Å². The lowest BCUT2D eigenvalue weighted by atomic mass is 9.97. The van der Waals surface area contributed by atoms with Crippen molar-refractivity contribution in [2.24, 2.45) is 0 Å². The van der Waals surface area contributed by atoms with Crippen molar-refractivity contribution in [2.75, 3.05) is 4.90 Å². The summed E-state index contributed by atoms with van der Waals surface area (Å²) in [7, 11) is 0. The smallest absolute Gasteiger partial charge is 0.145 e. The quantitative estimate of drug-likeness (QED) is 0.163. The molecule has 57 heavy (non-hydrogen) atoms. The van der Waals surface area contributed by atoms with Crippen LogP contribution in [0.3, 0.4) is 0 Å². The maximum atomic E-state index is 5.11. The van der Waals surface area contributed by atoms with E-state index in [1.807, 2.05) is 12.1 Å². The summed E-state index contributed by atoms with van der Waals surface area (Å²) in [5, 5.41) is 5.00. The summed E-state index contributed by atoms with van der Waals surface area (Å²) in [6.45, 7) is 0. The average Bonchev–Trinajstić information content (AvgIpc) is 3.84. The predicted molar refractivity (Wildman–Crippen MR) is 238 cm³/mol. The van der Waals surface area contributed by atoms with Crippen LogP contribution in [0.2, 0.25) is 0 Å². The first-order valence-corrected chi connectivity index (χ1v) is 19.4. The summed E-state index contributed by atoms with van der Waals surface area (Å²) in [4.78, 5) is 7.42. The minimum atomic E-state index is 0.917. The highest BCUT2D eigenvalue weighted by atomic mass is 15.1. The van der Waals surface area contributed by atoms with E-state index >= 15 is 0 Å². The molecule has 0 radical (unpaired) electrons. The Labute approximate surface area is 330 Å². The van der Waals surface area contributed by atoms with Crippen molar-refractivity contribution in [3.63, 3.8) is 0 Å². The Morgan fingerprint density at radius 1 is 0.351 bits per heavy atom. The number of aromatic nitrogens is 3. The molecule has 268 valence electrons. The number of nitrogens with zero attached hydrogens (tertiary/aromatic N) is 4. The lowest BCUT2D eigenvalue weighted by Gasteiger charge is -2.26. The van der Waals surface area contributed by atoms with Crippen LogP contribution in [0.1, 0.15) is 0 Å². The average molecular weight is 729 g/mol. The first kappa shape index (κ1) is 32.7. The van der Waals surface area contributed by atoms with Gasteiger partial charge >= 0.3 is 0 Å². The summed E-state index contributed by atoms with van der Waals surface area (Å²) >= 11 is 0. The van der Waals surface area contributed by atoms with Crippen molar-refractivity contribution in [1.29, 1.82) is 0 Å². The zero-order valence-electron chi connectivity index (χ0n) is 31.1. The summed E-state index contributed by atoms with van der Waals surface area (Å²) in [5.41, 5.74) is 13.4. The van der Waals surface area contributed by atoms with Crippen molar-refractivity contribution in [1.82, 2.24) is 14.1 Å². The fourth-order valence-corrected chi connectivity index (χ4v) is 8.49. The van der Waals surface area contributed by atoms with Gasteiger partial charge in [0, 0.05) is 44.8 Å². The van der Waals surface area contributed by atoms with Gasteiger partial charge in [0.15, 0.2) is 0 Å². The molecule has 4 nitrogen and oxygen atoms in total. The van der Waals surface area contributed by atoms with Gasteiger partial charge in [-0.25, -0.2) is 4.98 Å². The molecule has 0 fully saturated rings. The van der Waals surface area contributed by atoms with E-state index in [1.165, 1.54) is 43.7 Å². The van der Waals surface area contributed by atoms with Crippen molar-refractivity contribution < 1.29 is 0 Å². The monoisotopic (exact) mass is 728 g/mol. The number of hydrogen-bond donors (Lipinski definition) is 0. The molecule has 9 aromatic carbocycles. The zero-order chi connectivity index (χ0) is 37.7. The number of benzene rings is 9. The van der Waals surface area contributed by atoms with Crippen LogP contribution in [-0.2, 0) is 0 Å². The second-order valence-corrected chi connectivity index (χ2v) is 14.4. The van der Waals surface area contributed by atoms with Gasteiger partial charge in [0.25, 0.3) is 0 Å². The topological polar surface area (TPSA) is 26.0 Å². The van der Waals surface area contributed by atoms with E-state index in [0.717, 1.165) is 50.9 Å². The maximum absolute atomic E-state index is 5.11. The standard InChI is InChI=1S/C53H36N4/c1-3-16-40(17-4-1)55(42-29-26-38(27-30-42)53-54-49-23-10-12-25-52(49)57(53)41-18-5-2-6-19-41)43-31-33-44(34-32-43)56-50-24-11-9-21-47(50)48-36-39(28-35-51(48)56)46-22-13-15-37-14-7-8-20-45(37)46/h1-36H. The predicted octanol–water partition coefficient (Wildman–Crippen LogP) is 14.1. The molecule has 0 saturated heterocycles. The molecule has 11 aromatic rings. The molecule has 0 bridgehead atoms. The largest absolute Gasteiger partial charge is 0.311 e. The van der Waals surface area contributed by atoms with E-state index < -0.39 is 0 Å². The first-order chi connectivity index (χ1) is 28.3. The third-order valence-corrected chi connectivity index (χ3v) is 11.1. The second-order valence-electron chi connectivity index (χ2n) is 14.4. The van der Waals surface area contributed by atoms with E-state index in [9.17, 15) is 0 Å². The number of hydrogen-bond acceptors (Lipinski definition) is 2. The molecule has 0 atom stereocenters. The second kappa shape index (κ2) is 13.6. The summed E-state index contributed by atoms with van der Waals surface area (Å²) in [6, 6.07) is 78.0. The highest BCUT2D eigenvalue weighted by Gasteiger charge is 2.18. The van der Waals surface area contributed by atoms with Gasteiger partial charge in [-0.3, -0.25) is 4.57 Å². The molecule has 11 rings (SSSR count). The summed E-state index contributed by atoms with van der Waals surface area (Å²) < 4.78 is 4.64. The normalized spacial score (nSPS) is 11.5. The molecule has 0 aliphatic carbocycles. The number of rotatable bonds is 7. The fraction of sp³-hybridized carbons (Fsp3) is 0. The van der Waals surface area contributed by atoms with Gasteiger partial charge < -0.3 is 9.47 Å². The van der Waals surface area contributed by atoms with Crippen LogP contribution in [0, 0.1) is 0 Å². The van der Waals surface area contributed by atoms with Gasteiger partial charge in [0.2, 0.25) is 0 Å². The van der Waals surface area contributed by atoms with Crippen molar-refractivity contribution in [3.8, 4) is 33.9 Å². The first-order valence-electron chi connectivity index (χ1n) is 19.4. The maximum Gasteiger partial charge on any atom is 0.145 e. The number of para-hydroxylation sites is 5. The molecule has 0 spiro atoms. The van der Waals surface area contributed by atoms with Crippen LogP contribution in [0.4, 0.5) is 17.1 Å². The van der Waals surface area contributed by atoms with E-state index in [0.29, 0.717) is 0 Å². The van der Waals surface area contributed by atoms with Gasteiger partial charge in [0.1, 0.15) is 5.82 Å². The van der Waals surface area contributed by atoms with Gasteiger partial charge in [-0.05, 0) is 125 Å². The van der Waals surface area contributed by atoms with E-state index in [1.54, 1.807) is 0 Å². The van der Waals surface area contributed by atoms with Crippen molar-refractivity contribution in [2.45, 2.75) is 0 Å². The highest BCUT2D eigenvalue weighted by molar-refractivity contribution is 6.11. The molecule has 0 unspecified atom stereocenters. The third kappa shape index (κ3) is 5.58. The Balaban J connectivity index is 0.988. The summed E-state index contributed by atoms with van der Waals surface area (Å²) in [6.07, 6.45) is 0.